The molecule has 1 heterocycles. The molecule has 0 aliphatic rings. The fourth-order valence-corrected chi connectivity index (χ4v) is 2.29. The molecular weight excluding hydrogens is 236 g/mol. The van der Waals surface area contributed by atoms with E-state index in [1.807, 2.05) is 39.8 Å². The zero-order valence-corrected chi connectivity index (χ0v) is 11.8. The van der Waals surface area contributed by atoms with Crippen molar-refractivity contribution < 1.29 is 0 Å². The van der Waals surface area contributed by atoms with Crippen LogP contribution in [0.4, 0.5) is 0 Å². The molecule has 0 atom stereocenters. The molecule has 2 aromatic rings. The molecule has 0 saturated heterocycles. The maximum Gasteiger partial charge on any atom is 0.262 e. The highest BCUT2D eigenvalue weighted by atomic mass is 16.1. The average Bonchev–Trinajstić information content (AvgIpc) is 2.36. The first-order valence-corrected chi connectivity index (χ1v) is 6.49. The number of rotatable bonds is 2. The first-order valence-electron chi connectivity index (χ1n) is 6.49. The molecule has 0 N–H and O–H groups in total. The van der Waals surface area contributed by atoms with Gasteiger partial charge in [-0.2, -0.15) is 0 Å². The summed E-state index contributed by atoms with van der Waals surface area (Å²) in [6.07, 6.45) is 5.48. The highest BCUT2D eigenvalue weighted by molar-refractivity contribution is 5.84. The van der Waals surface area contributed by atoms with E-state index in [1.165, 1.54) is 0 Å². The lowest BCUT2D eigenvalue weighted by Crippen LogP contribution is -2.28. The minimum absolute atomic E-state index is 0.0442. The first-order chi connectivity index (χ1) is 8.97. The molecule has 98 valence electrons. The standard InChI is InChI=1S/C16H18N2O/c1-6-12-8-7-9-13-14(12)16(19)18(11(4)5)15(17-13)10(2)3/h1,7-11H,2-5H3. The molecule has 3 nitrogen and oxygen atoms in total. The molecule has 0 unspecified atom stereocenters. The number of fused-ring (bicyclic) bond motifs is 1. The van der Waals surface area contributed by atoms with Crippen LogP contribution in [-0.2, 0) is 0 Å². The second-order valence-corrected chi connectivity index (χ2v) is 5.24. The summed E-state index contributed by atoms with van der Waals surface area (Å²) in [5.74, 6) is 3.57. The van der Waals surface area contributed by atoms with Crippen LogP contribution in [0.25, 0.3) is 10.9 Å². The van der Waals surface area contributed by atoms with E-state index in [0.29, 0.717) is 16.5 Å². The lowest BCUT2D eigenvalue weighted by atomic mass is 10.1. The van der Waals surface area contributed by atoms with Crippen LogP contribution < -0.4 is 5.56 Å². The van der Waals surface area contributed by atoms with E-state index in [-0.39, 0.29) is 17.5 Å². The number of aromatic nitrogens is 2. The van der Waals surface area contributed by atoms with Gasteiger partial charge in [-0.05, 0) is 26.0 Å². The van der Waals surface area contributed by atoms with Crippen molar-refractivity contribution in [3.63, 3.8) is 0 Å². The van der Waals surface area contributed by atoms with Crippen LogP contribution in [0.5, 0.6) is 0 Å². The van der Waals surface area contributed by atoms with Gasteiger partial charge in [-0.25, -0.2) is 4.98 Å². The maximum atomic E-state index is 12.7. The summed E-state index contributed by atoms with van der Waals surface area (Å²) in [5, 5.41) is 0.545. The molecule has 0 aliphatic carbocycles. The van der Waals surface area contributed by atoms with Gasteiger partial charge in [-0.3, -0.25) is 9.36 Å². The van der Waals surface area contributed by atoms with E-state index in [2.05, 4.69) is 10.9 Å². The topological polar surface area (TPSA) is 34.9 Å². The largest absolute Gasteiger partial charge is 0.293 e. The number of benzene rings is 1. The molecule has 0 saturated carbocycles. The Hall–Kier alpha value is -2.08. The van der Waals surface area contributed by atoms with Crippen molar-refractivity contribution >= 4 is 10.9 Å². The zero-order chi connectivity index (χ0) is 14.2. The van der Waals surface area contributed by atoms with Crippen molar-refractivity contribution in [1.82, 2.24) is 9.55 Å². The van der Waals surface area contributed by atoms with Crippen LogP contribution in [0.15, 0.2) is 23.0 Å². The van der Waals surface area contributed by atoms with Crippen molar-refractivity contribution in [3.05, 3.63) is 39.9 Å². The SMILES string of the molecule is C#Cc1cccc2nc(C(C)C)n(C(C)C)c(=O)c12. The van der Waals surface area contributed by atoms with Crippen LogP contribution in [0.1, 0.15) is 51.0 Å². The minimum atomic E-state index is -0.0442. The summed E-state index contributed by atoms with van der Waals surface area (Å²) in [4.78, 5) is 17.3. The summed E-state index contributed by atoms with van der Waals surface area (Å²) < 4.78 is 1.74. The number of nitrogens with zero attached hydrogens (tertiary/aromatic N) is 2. The van der Waals surface area contributed by atoms with E-state index in [1.54, 1.807) is 10.6 Å². The molecule has 0 bridgehead atoms. The van der Waals surface area contributed by atoms with E-state index < -0.39 is 0 Å². The second kappa shape index (κ2) is 4.89. The van der Waals surface area contributed by atoms with E-state index in [0.717, 1.165) is 5.82 Å². The van der Waals surface area contributed by atoms with Crippen LogP contribution in [0, 0.1) is 12.3 Å². The van der Waals surface area contributed by atoms with Gasteiger partial charge in [0, 0.05) is 17.5 Å². The fraction of sp³-hybridized carbons (Fsp3) is 0.375. The molecule has 2 rings (SSSR count). The van der Waals surface area contributed by atoms with Crippen molar-refractivity contribution in [2.45, 2.75) is 39.7 Å². The molecule has 3 heteroatoms. The van der Waals surface area contributed by atoms with Gasteiger partial charge in [0.1, 0.15) is 5.82 Å². The van der Waals surface area contributed by atoms with Gasteiger partial charge in [-0.1, -0.05) is 25.8 Å². The Morgan fingerprint density at radius 2 is 1.95 bits per heavy atom. The normalized spacial score (nSPS) is 11.2. The Morgan fingerprint density at radius 3 is 2.47 bits per heavy atom. The van der Waals surface area contributed by atoms with Crippen LogP contribution >= 0.6 is 0 Å². The van der Waals surface area contributed by atoms with Gasteiger partial charge in [0.2, 0.25) is 0 Å². The predicted molar refractivity (Wildman–Crippen MR) is 78.4 cm³/mol. The number of terminal acetylenes is 1. The summed E-state index contributed by atoms with van der Waals surface area (Å²) in [6.45, 7) is 8.05. The third kappa shape index (κ3) is 2.15. The second-order valence-electron chi connectivity index (χ2n) is 5.24. The summed E-state index contributed by atoms with van der Waals surface area (Å²) >= 11 is 0. The van der Waals surface area contributed by atoms with E-state index in [9.17, 15) is 4.79 Å². The molecular formula is C16H18N2O. The van der Waals surface area contributed by atoms with E-state index >= 15 is 0 Å². The zero-order valence-electron chi connectivity index (χ0n) is 11.8. The van der Waals surface area contributed by atoms with Gasteiger partial charge in [-0.15, -0.1) is 6.42 Å². The average molecular weight is 254 g/mol. The van der Waals surface area contributed by atoms with Crippen LogP contribution in [-0.4, -0.2) is 9.55 Å². The van der Waals surface area contributed by atoms with Gasteiger partial charge < -0.3 is 0 Å². The highest BCUT2D eigenvalue weighted by Gasteiger charge is 2.17. The van der Waals surface area contributed by atoms with Gasteiger partial charge in [0.15, 0.2) is 0 Å². The smallest absolute Gasteiger partial charge is 0.262 e. The fourth-order valence-electron chi connectivity index (χ4n) is 2.29. The Bertz CT molecular complexity index is 718. The molecule has 0 aliphatic heterocycles. The van der Waals surface area contributed by atoms with Crippen molar-refractivity contribution in [1.29, 1.82) is 0 Å². The Morgan fingerprint density at radius 1 is 1.26 bits per heavy atom. The molecule has 0 radical (unpaired) electrons. The Kier molecular flexibility index (Phi) is 3.44. The van der Waals surface area contributed by atoms with Gasteiger partial charge in [0.05, 0.1) is 10.9 Å². The van der Waals surface area contributed by atoms with Gasteiger partial charge in [0.25, 0.3) is 5.56 Å². The first kappa shape index (κ1) is 13.4. The van der Waals surface area contributed by atoms with Crippen LogP contribution in [0.3, 0.4) is 0 Å². The van der Waals surface area contributed by atoms with Crippen molar-refractivity contribution in [2.75, 3.05) is 0 Å². The quantitative estimate of drug-likeness (QED) is 0.772. The maximum absolute atomic E-state index is 12.7. The van der Waals surface area contributed by atoms with Crippen molar-refractivity contribution in [3.8, 4) is 12.3 Å². The predicted octanol–water partition coefficient (Wildman–Crippen LogP) is 3.08. The third-order valence-corrected chi connectivity index (χ3v) is 3.15. The molecule has 0 spiro atoms. The lowest BCUT2D eigenvalue weighted by Gasteiger charge is -2.19. The summed E-state index contributed by atoms with van der Waals surface area (Å²) in [6, 6.07) is 5.53. The Balaban J connectivity index is 3.00. The molecule has 1 aromatic carbocycles. The van der Waals surface area contributed by atoms with Crippen LogP contribution in [0.2, 0.25) is 0 Å². The molecule has 0 fully saturated rings. The van der Waals surface area contributed by atoms with Gasteiger partial charge >= 0.3 is 0 Å². The lowest BCUT2D eigenvalue weighted by molar-refractivity contribution is 0.523. The van der Waals surface area contributed by atoms with Crippen molar-refractivity contribution in [2.24, 2.45) is 0 Å². The Labute approximate surface area is 113 Å². The molecule has 19 heavy (non-hydrogen) atoms. The molecule has 1 aromatic heterocycles. The number of hydrogen-bond donors (Lipinski definition) is 0. The number of hydrogen-bond acceptors (Lipinski definition) is 2. The summed E-state index contributed by atoms with van der Waals surface area (Å²) in [7, 11) is 0. The minimum Gasteiger partial charge on any atom is -0.293 e. The monoisotopic (exact) mass is 254 g/mol. The molecule has 0 amide bonds. The third-order valence-electron chi connectivity index (χ3n) is 3.15. The summed E-state index contributed by atoms with van der Waals surface area (Å²) in [5.41, 5.74) is 1.25. The highest BCUT2D eigenvalue weighted by Crippen LogP contribution is 2.19. The van der Waals surface area contributed by atoms with E-state index in [4.69, 9.17) is 6.42 Å².